The van der Waals surface area contributed by atoms with E-state index in [9.17, 15) is 4.79 Å². The van der Waals surface area contributed by atoms with Crippen LogP contribution < -0.4 is 10.6 Å². The summed E-state index contributed by atoms with van der Waals surface area (Å²) in [6.45, 7) is 7.85. The van der Waals surface area contributed by atoms with Gasteiger partial charge in [-0.2, -0.15) is 0 Å². The van der Waals surface area contributed by atoms with Crippen LogP contribution in [0.15, 0.2) is 22.8 Å². The van der Waals surface area contributed by atoms with Gasteiger partial charge in [-0.3, -0.25) is 4.79 Å². The molecule has 90 valence electrons. The Morgan fingerprint density at radius 3 is 2.69 bits per heavy atom. The number of rotatable bonds is 6. The van der Waals surface area contributed by atoms with Crippen LogP contribution in [0.3, 0.4) is 0 Å². The van der Waals surface area contributed by atoms with E-state index >= 15 is 0 Å². The Bertz CT molecular complexity index is 307. The molecule has 0 aliphatic heterocycles. The van der Waals surface area contributed by atoms with Crippen molar-refractivity contribution in [2.75, 3.05) is 13.1 Å². The maximum Gasteiger partial charge on any atom is 0.287 e. The van der Waals surface area contributed by atoms with E-state index in [1.807, 2.05) is 0 Å². The molecule has 0 aliphatic carbocycles. The summed E-state index contributed by atoms with van der Waals surface area (Å²) in [6.07, 6.45) is 1.49. The second kappa shape index (κ2) is 6.33. The Balaban J connectivity index is 2.14. The Morgan fingerprint density at radius 2 is 2.12 bits per heavy atom. The van der Waals surface area contributed by atoms with E-state index in [1.165, 1.54) is 6.26 Å². The predicted molar refractivity (Wildman–Crippen MR) is 63.3 cm³/mol. The van der Waals surface area contributed by atoms with Gasteiger partial charge in [0.05, 0.1) is 6.26 Å². The van der Waals surface area contributed by atoms with Crippen LogP contribution in [-0.2, 0) is 0 Å². The van der Waals surface area contributed by atoms with Gasteiger partial charge >= 0.3 is 0 Å². The van der Waals surface area contributed by atoms with Crippen molar-refractivity contribution >= 4 is 5.91 Å². The predicted octanol–water partition coefficient (Wildman–Crippen LogP) is 1.64. The summed E-state index contributed by atoms with van der Waals surface area (Å²) < 4.78 is 4.98. The molecular formula is C12H20N2O2. The molecular weight excluding hydrogens is 204 g/mol. The van der Waals surface area contributed by atoms with Crippen LogP contribution in [0.5, 0.6) is 0 Å². The lowest BCUT2D eigenvalue weighted by Crippen LogP contribution is -2.37. The molecule has 0 fully saturated rings. The third-order valence-electron chi connectivity index (χ3n) is 2.62. The normalized spacial score (nSPS) is 12.8. The van der Waals surface area contributed by atoms with E-state index in [-0.39, 0.29) is 5.91 Å². The zero-order valence-electron chi connectivity index (χ0n) is 10.1. The minimum atomic E-state index is -0.163. The van der Waals surface area contributed by atoms with Gasteiger partial charge in [-0.15, -0.1) is 0 Å². The summed E-state index contributed by atoms with van der Waals surface area (Å²) >= 11 is 0. The number of amides is 1. The third-order valence-corrected chi connectivity index (χ3v) is 2.62. The summed E-state index contributed by atoms with van der Waals surface area (Å²) in [5.41, 5.74) is 0. The largest absolute Gasteiger partial charge is 0.459 e. The first-order valence-electron chi connectivity index (χ1n) is 5.66. The lowest BCUT2D eigenvalue weighted by Gasteiger charge is -2.17. The number of hydrogen-bond donors (Lipinski definition) is 2. The van der Waals surface area contributed by atoms with Gasteiger partial charge in [-0.25, -0.2) is 0 Å². The van der Waals surface area contributed by atoms with Crippen LogP contribution >= 0.6 is 0 Å². The molecule has 0 bridgehead atoms. The van der Waals surface area contributed by atoms with Crippen molar-refractivity contribution < 1.29 is 9.21 Å². The lowest BCUT2D eigenvalue weighted by atomic mass is 10.1. The van der Waals surface area contributed by atoms with Gasteiger partial charge in [0.1, 0.15) is 0 Å². The Labute approximate surface area is 96.4 Å². The Kier molecular flexibility index (Phi) is 5.05. The van der Waals surface area contributed by atoms with Crippen LogP contribution in [-0.4, -0.2) is 25.0 Å². The minimum Gasteiger partial charge on any atom is -0.459 e. The van der Waals surface area contributed by atoms with Crippen LogP contribution in [0.2, 0.25) is 0 Å². The molecule has 2 N–H and O–H groups in total. The summed E-state index contributed by atoms with van der Waals surface area (Å²) in [4.78, 5) is 11.5. The zero-order valence-corrected chi connectivity index (χ0v) is 10.1. The zero-order chi connectivity index (χ0) is 12.0. The summed E-state index contributed by atoms with van der Waals surface area (Å²) in [5.74, 6) is 0.793. The number of carbonyl (C=O) groups excluding carboxylic acids is 1. The van der Waals surface area contributed by atoms with Gasteiger partial charge in [-0.1, -0.05) is 13.8 Å². The van der Waals surface area contributed by atoms with E-state index in [4.69, 9.17) is 4.42 Å². The molecule has 1 atom stereocenters. The summed E-state index contributed by atoms with van der Waals surface area (Å²) in [6, 6.07) is 3.81. The van der Waals surface area contributed by atoms with E-state index in [0.717, 1.165) is 6.54 Å². The van der Waals surface area contributed by atoms with Crippen molar-refractivity contribution in [3.8, 4) is 0 Å². The van der Waals surface area contributed by atoms with Gasteiger partial charge in [-0.05, 0) is 25.0 Å². The van der Waals surface area contributed by atoms with Crippen molar-refractivity contribution in [3.05, 3.63) is 24.2 Å². The molecule has 0 saturated carbocycles. The van der Waals surface area contributed by atoms with E-state index < -0.39 is 0 Å². The number of nitrogens with one attached hydrogen (secondary N) is 2. The maximum atomic E-state index is 11.5. The monoisotopic (exact) mass is 224 g/mol. The van der Waals surface area contributed by atoms with Crippen LogP contribution in [0.4, 0.5) is 0 Å². The van der Waals surface area contributed by atoms with Crippen molar-refractivity contribution in [1.82, 2.24) is 10.6 Å². The average molecular weight is 224 g/mol. The quantitative estimate of drug-likeness (QED) is 0.722. The number of furan rings is 1. The van der Waals surface area contributed by atoms with Gasteiger partial charge in [0.15, 0.2) is 5.76 Å². The van der Waals surface area contributed by atoms with Crippen LogP contribution in [0.1, 0.15) is 31.3 Å². The Morgan fingerprint density at radius 1 is 1.38 bits per heavy atom. The Hall–Kier alpha value is -1.29. The highest BCUT2D eigenvalue weighted by Crippen LogP contribution is 1.99. The molecule has 1 unspecified atom stereocenters. The molecule has 0 spiro atoms. The second-order valence-electron chi connectivity index (χ2n) is 4.22. The highest BCUT2D eigenvalue weighted by atomic mass is 16.3. The average Bonchev–Trinajstić information content (AvgIpc) is 2.76. The number of carbonyl (C=O) groups is 1. The van der Waals surface area contributed by atoms with Crippen LogP contribution in [0, 0.1) is 5.92 Å². The molecule has 0 aliphatic rings. The van der Waals surface area contributed by atoms with Gasteiger partial charge in [0.2, 0.25) is 0 Å². The van der Waals surface area contributed by atoms with Crippen molar-refractivity contribution in [2.24, 2.45) is 5.92 Å². The summed E-state index contributed by atoms with van der Waals surface area (Å²) in [7, 11) is 0. The molecule has 4 heteroatoms. The first-order valence-corrected chi connectivity index (χ1v) is 5.66. The molecule has 1 aromatic heterocycles. The van der Waals surface area contributed by atoms with Crippen molar-refractivity contribution in [2.45, 2.75) is 26.8 Å². The topological polar surface area (TPSA) is 54.3 Å². The third kappa shape index (κ3) is 4.06. The molecule has 1 amide bonds. The highest BCUT2D eigenvalue weighted by Gasteiger charge is 2.08. The molecule has 0 aromatic carbocycles. The van der Waals surface area contributed by atoms with Crippen molar-refractivity contribution in [1.29, 1.82) is 0 Å². The molecule has 4 nitrogen and oxygen atoms in total. The maximum absolute atomic E-state index is 11.5. The highest BCUT2D eigenvalue weighted by molar-refractivity contribution is 5.91. The summed E-state index contributed by atoms with van der Waals surface area (Å²) in [5, 5.41) is 6.12. The first kappa shape index (κ1) is 12.8. The lowest BCUT2D eigenvalue weighted by molar-refractivity contribution is 0.0926. The fourth-order valence-corrected chi connectivity index (χ4v) is 1.21. The fourth-order valence-electron chi connectivity index (χ4n) is 1.21. The second-order valence-corrected chi connectivity index (χ2v) is 4.22. The minimum absolute atomic E-state index is 0.163. The van der Waals surface area contributed by atoms with E-state index in [0.29, 0.717) is 24.3 Å². The fraction of sp³-hybridized carbons (Fsp3) is 0.583. The molecule has 1 aromatic rings. The molecule has 16 heavy (non-hydrogen) atoms. The standard InChI is InChI=1S/C12H20N2O2/c1-9(2)10(3)13-6-7-14-12(15)11-5-4-8-16-11/h4-5,8-10,13H,6-7H2,1-3H3,(H,14,15). The first-order chi connectivity index (χ1) is 7.61. The molecule has 0 saturated heterocycles. The molecule has 1 heterocycles. The molecule has 0 radical (unpaired) electrons. The van der Waals surface area contributed by atoms with E-state index in [2.05, 4.69) is 31.4 Å². The molecule has 1 rings (SSSR count). The number of hydrogen-bond acceptors (Lipinski definition) is 3. The van der Waals surface area contributed by atoms with Gasteiger partial charge in [0, 0.05) is 19.1 Å². The smallest absolute Gasteiger partial charge is 0.287 e. The van der Waals surface area contributed by atoms with Crippen molar-refractivity contribution in [3.63, 3.8) is 0 Å². The van der Waals surface area contributed by atoms with Gasteiger partial charge < -0.3 is 15.1 Å². The van der Waals surface area contributed by atoms with Crippen LogP contribution in [0.25, 0.3) is 0 Å². The van der Waals surface area contributed by atoms with Gasteiger partial charge in [0.25, 0.3) is 5.91 Å². The van der Waals surface area contributed by atoms with E-state index in [1.54, 1.807) is 12.1 Å². The SMILES string of the molecule is CC(C)C(C)NCCNC(=O)c1ccco1.